The van der Waals surface area contributed by atoms with Gasteiger partial charge in [0.05, 0.1) is 0 Å². The van der Waals surface area contributed by atoms with Crippen LogP contribution < -0.4 is 0 Å². The second-order valence-electron chi connectivity index (χ2n) is 1.48. The summed E-state index contributed by atoms with van der Waals surface area (Å²) in [6.07, 6.45) is 0.772. The third-order valence-corrected chi connectivity index (χ3v) is 12.0. The van der Waals surface area contributed by atoms with Crippen LogP contribution in [0.25, 0.3) is 0 Å². The predicted octanol–water partition coefficient (Wildman–Crippen LogP) is 1.75. The first-order chi connectivity index (χ1) is 3.84. The van der Waals surface area contributed by atoms with Crippen molar-refractivity contribution < 1.29 is 25.4 Å². The summed E-state index contributed by atoms with van der Waals surface area (Å²) >= 11 is 2.65. The van der Waals surface area contributed by atoms with E-state index in [1.165, 1.54) is 0 Å². The van der Waals surface area contributed by atoms with Gasteiger partial charge in [-0.25, -0.2) is 0 Å². The molecule has 0 aromatic carbocycles. The molecule has 1 rings (SSSR count). The van der Waals surface area contributed by atoms with Crippen molar-refractivity contribution >= 4 is 43.2 Å². The van der Waals surface area contributed by atoms with Crippen molar-refractivity contribution in [2.45, 2.75) is 6.42 Å². The molecule has 2 nitrogen and oxygen atoms in total. The molecule has 1 fully saturated rings. The molecule has 9 heavy (non-hydrogen) atoms. The van der Waals surface area contributed by atoms with E-state index in [-0.39, 0.29) is 17.0 Å². The van der Waals surface area contributed by atoms with Crippen LogP contribution in [0, 0.1) is 0 Å². The molecule has 0 N–H and O–H groups in total. The van der Waals surface area contributed by atoms with Crippen LogP contribution in [-0.4, -0.2) is 16.8 Å². The molecule has 1 saturated heterocycles. The van der Waals surface area contributed by atoms with E-state index in [1.807, 2.05) is 4.31 Å². The number of amides is 1. The Kier molecular flexibility index (Phi) is 6.40. The molecule has 1 aliphatic rings. The molecule has 0 saturated carbocycles. The standard InChI is InChI=1S/C3H4NOS.2BrH.Hg/c5-3-1-2-4(3)6;;;/h1-2H2;2*1H;/q-1;;;+2/p-1. The number of hydrogen-bond acceptors (Lipinski definition) is 2. The maximum absolute atomic E-state index is 10.5. The number of rotatable bonds is 2. The first kappa shape index (κ1) is 10.7. The molecule has 1 aliphatic heterocycles. The van der Waals surface area contributed by atoms with Gasteiger partial charge in [-0.1, -0.05) is 0 Å². The number of nitrogens with zero attached hydrogens (tertiary/aromatic N) is 1. The third-order valence-electron chi connectivity index (χ3n) is 1.01. The maximum atomic E-state index is 10.5. The zero-order valence-electron chi connectivity index (χ0n) is 4.67. The minimum absolute atomic E-state index is 0. The van der Waals surface area contributed by atoms with Gasteiger partial charge in [0.1, 0.15) is 0 Å². The van der Waals surface area contributed by atoms with Crippen molar-refractivity contribution in [1.29, 1.82) is 0 Å². The van der Waals surface area contributed by atoms with Crippen LogP contribution in [0.5, 0.6) is 0 Å². The predicted molar refractivity (Wildman–Crippen MR) is 43.2 cm³/mol. The van der Waals surface area contributed by atoms with E-state index in [2.05, 4.69) is 11.9 Å². The van der Waals surface area contributed by atoms with Gasteiger partial charge in [0.25, 0.3) is 0 Å². The van der Waals surface area contributed by atoms with E-state index in [0.29, 0.717) is 5.91 Å². The SMILES string of the molecule is Br.O=C1CCN1[S][Hg][Br]. The molecule has 0 unspecified atom stereocenters. The Morgan fingerprint density at radius 2 is 2.44 bits per heavy atom. The molecule has 0 aromatic heterocycles. The van der Waals surface area contributed by atoms with E-state index in [9.17, 15) is 4.79 Å². The number of halogens is 2. The zero-order chi connectivity index (χ0) is 5.98. The molecule has 0 spiro atoms. The van der Waals surface area contributed by atoms with Gasteiger partial charge < -0.3 is 0 Å². The average Bonchev–Trinajstić information content (AvgIpc) is 1.79. The van der Waals surface area contributed by atoms with Crippen molar-refractivity contribution in [3.8, 4) is 0 Å². The van der Waals surface area contributed by atoms with Crippen LogP contribution >= 0.6 is 37.3 Å². The Balaban J connectivity index is 0.000000640. The molecule has 0 bridgehead atoms. The fourth-order valence-corrected chi connectivity index (χ4v) is 12.1. The Labute approximate surface area is 84.8 Å². The Bertz CT molecular complexity index is 114. The van der Waals surface area contributed by atoms with Crippen LogP contribution in [-0.2, 0) is 25.4 Å². The number of carbonyl (C=O) groups excluding carboxylic acids is 1. The van der Waals surface area contributed by atoms with Crippen molar-refractivity contribution in [1.82, 2.24) is 4.31 Å². The van der Waals surface area contributed by atoms with Crippen LogP contribution in [0.4, 0.5) is 0 Å². The summed E-state index contributed by atoms with van der Waals surface area (Å²) in [7, 11) is 1.75. The topological polar surface area (TPSA) is 20.3 Å². The van der Waals surface area contributed by atoms with Gasteiger partial charge in [-0.15, -0.1) is 17.0 Å². The fourth-order valence-electron chi connectivity index (χ4n) is 0.490. The van der Waals surface area contributed by atoms with Gasteiger partial charge >= 0.3 is 68.9 Å². The molecular formula is C3H5Br2HgNOS. The normalized spacial score (nSPS) is 15.7. The fraction of sp³-hybridized carbons (Fsp3) is 0.667. The minimum atomic E-state index is -0.796. The first-order valence-corrected chi connectivity index (χ1v) is 21.9. The molecule has 1 amide bonds. The summed E-state index contributed by atoms with van der Waals surface area (Å²) in [5, 5.41) is 0. The van der Waals surface area contributed by atoms with Crippen LogP contribution in [0.1, 0.15) is 6.42 Å². The molecule has 50 valence electrons. The average molecular weight is 464 g/mol. The molecule has 0 radical (unpaired) electrons. The summed E-state index contributed by atoms with van der Waals surface area (Å²) in [6.45, 7) is 0.981. The van der Waals surface area contributed by atoms with Crippen LogP contribution in [0.3, 0.4) is 0 Å². The van der Waals surface area contributed by atoms with Gasteiger partial charge in [-0.05, 0) is 0 Å². The summed E-state index contributed by atoms with van der Waals surface area (Å²) < 4.78 is 1.86. The molecular weight excluding hydrogens is 459 g/mol. The summed E-state index contributed by atoms with van der Waals surface area (Å²) in [4.78, 5) is 10.5. The van der Waals surface area contributed by atoms with E-state index < -0.39 is 20.6 Å². The molecule has 0 aromatic rings. The number of hydrogen-bond donors (Lipinski definition) is 0. The van der Waals surface area contributed by atoms with E-state index in [1.54, 1.807) is 8.43 Å². The second-order valence-corrected chi connectivity index (χ2v) is 20.0. The molecule has 0 aliphatic carbocycles. The van der Waals surface area contributed by atoms with Gasteiger partial charge in [-0.3, -0.25) is 0 Å². The summed E-state index contributed by atoms with van der Waals surface area (Å²) in [5.41, 5.74) is 0. The van der Waals surface area contributed by atoms with Gasteiger partial charge in [0.2, 0.25) is 0 Å². The quantitative estimate of drug-likeness (QED) is 0.353. The van der Waals surface area contributed by atoms with Gasteiger partial charge in [0, 0.05) is 0 Å². The molecule has 6 heteroatoms. The Hall–Kier alpha value is 1.72. The van der Waals surface area contributed by atoms with Gasteiger partial charge in [0.15, 0.2) is 0 Å². The third kappa shape index (κ3) is 3.07. The first-order valence-electron chi connectivity index (χ1n) is 2.34. The summed E-state index contributed by atoms with van der Waals surface area (Å²) in [6, 6.07) is 0. The number of β-lactam (4-membered cyclic amide) rings is 1. The zero-order valence-corrected chi connectivity index (χ0v) is 14.3. The van der Waals surface area contributed by atoms with Crippen LogP contribution in [0.2, 0.25) is 0 Å². The van der Waals surface area contributed by atoms with Crippen molar-refractivity contribution in [3.05, 3.63) is 0 Å². The van der Waals surface area contributed by atoms with Crippen LogP contribution in [0.15, 0.2) is 0 Å². The molecule has 1 heterocycles. The number of carbonyl (C=O) groups is 1. The molecule has 0 atom stereocenters. The summed E-state index contributed by atoms with van der Waals surface area (Å²) in [5.74, 6) is 0.314. The second kappa shape index (κ2) is 5.38. The van der Waals surface area contributed by atoms with Crippen molar-refractivity contribution in [3.63, 3.8) is 0 Å². The monoisotopic (exact) mass is 463 g/mol. The van der Waals surface area contributed by atoms with Crippen molar-refractivity contribution in [2.75, 3.05) is 6.54 Å². The van der Waals surface area contributed by atoms with E-state index >= 15 is 0 Å². The van der Waals surface area contributed by atoms with Crippen molar-refractivity contribution in [2.24, 2.45) is 0 Å². The van der Waals surface area contributed by atoms with Gasteiger partial charge in [-0.2, -0.15) is 0 Å². The van der Waals surface area contributed by atoms with E-state index in [4.69, 9.17) is 0 Å². The Morgan fingerprint density at radius 1 is 1.78 bits per heavy atom. The Morgan fingerprint density at radius 3 is 2.56 bits per heavy atom. The van der Waals surface area contributed by atoms with E-state index in [0.717, 1.165) is 13.0 Å².